The molecule has 3 unspecified atom stereocenters. The number of hydrogen-bond donors (Lipinski definition) is 1. The van der Waals surface area contributed by atoms with Gasteiger partial charge in [0, 0.05) is 24.9 Å². The maximum absolute atomic E-state index is 11.6. The molecule has 2 fully saturated rings. The number of hydrogen-bond acceptors (Lipinski definition) is 4. The van der Waals surface area contributed by atoms with Crippen LogP contribution in [0.3, 0.4) is 0 Å². The van der Waals surface area contributed by atoms with Gasteiger partial charge < -0.3 is 14.7 Å². The van der Waals surface area contributed by atoms with E-state index in [1.54, 1.807) is 24.3 Å². The Balaban J connectivity index is 0.000000329. The molecule has 1 N–H and O–H groups in total. The first-order valence-electron chi connectivity index (χ1n) is 11.7. The van der Waals surface area contributed by atoms with Gasteiger partial charge in [-0.1, -0.05) is 48.9 Å². The number of esters is 1. The van der Waals surface area contributed by atoms with E-state index in [-0.39, 0.29) is 13.0 Å². The molecule has 0 radical (unpaired) electrons. The zero-order valence-corrected chi connectivity index (χ0v) is 19.5. The molecular formula is C27H37NO4. The minimum atomic E-state index is -1.01. The second-order valence-corrected chi connectivity index (χ2v) is 8.43. The van der Waals surface area contributed by atoms with Gasteiger partial charge in [-0.15, -0.1) is 11.8 Å². The molecule has 3 atom stereocenters. The van der Waals surface area contributed by atoms with Crippen LogP contribution in [0.4, 0.5) is 0 Å². The minimum Gasteiger partial charge on any atom is -0.481 e. The summed E-state index contributed by atoms with van der Waals surface area (Å²) >= 11 is 0. The Labute approximate surface area is 192 Å². The summed E-state index contributed by atoms with van der Waals surface area (Å²) < 4.78 is 5.07. The van der Waals surface area contributed by atoms with E-state index in [4.69, 9.17) is 4.74 Å². The van der Waals surface area contributed by atoms with Crippen LogP contribution in [0, 0.1) is 11.8 Å². The fourth-order valence-electron chi connectivity index (χ4n) is 4.28. The number of allylic oxidation sites excluding steroid dienone is 2. The highest BCUT2D eigenvalue weighted by Gasteiger charge is 2.33. The SMILES string of the molecule is C/C=C/CCC#CCCC(=O)OCC(C(=O)O)c1ccccc1.CN1C2CCCC1CC2. The van der Waals surface area contributed by atoms with Crippen molar-refractivity contribution in [1.29, 1.82) is 0 Å². The van der Waals surface area contributed by atoms with Crippen molar-refractivity contribution in [2.45, 2.75) is 82.7 Å². The topological polar surface area (TPSA) is 66.8 Å². The quantitative estimate of drug-likeness (QED) is 0.262. The number of nitrogens with zero attached hydrogens (tertiary/aromatic N) is 1. The highest BCUT2D eigenvalue weighted by Crippen LogP contribution is 2.33. The molecule has 5 heteroatoms. The molecule has 0 amide bonds. The van der Waals surface area contributed by atoms with Gasteiger partial charge in [0.05, 0.1) is 6.42 Å². The maximum Gasteiger partial charge on any atom is 0.314 e. The molecule has 3 rings (SSSR count). The van der Waals surface area contributed by atoms with Crippen LogP contribution in [0.2, 0.25) is 0 Å². The van der Waals surface area contributed by atoms with Gasteiger partial charge in [0.25, 0.3) is 0 Å². The lowest BCUT2D eigenvalue weighted by molar-refractivity contribution is -0.148. The molecule has 2 aliphatic heterocycles. The summed E-state index contributed by atoms with van der Waals surface area (Å²) in [6.45, 7) is 1.80. The van der Waals surface area contributed by atoms with Crippen molar-refractivity contribution in [1.82, 2.24) is 4.90 Å². The Morgan fingerprint density at radius 2 is 1.78 bits per heavy atom. The summed E-state index contributed by atoms with van der Waals surface area (Å²) in [7, 11) is 2.29. The van der Waals surface area contributed by atoms with Crippen molar-refractivity contribution >= 4 is 11.9 Å². The van der Waals surface area contributed by atoms with Crippen LogP contribution in [-0.4, -0.2) is 47.7 Å². The van der Waals surface area contributed by atoms with E-state index in [0.29, 0.717) is 12.0 Å². The van der Waals surface area contributed by atoms with Crippen LogP contribution in [0.15, 0.2) is 42.5 Å². The predicted octanol–water partition coefficient (Wildman–Crippen LogP) is 5.17. The number of unbranched alkanes of at least 4 members (excludes halogenated alkanes) is 1. The largest absolute Gasteiger partial charge is 0.481 e. The average molecular weight is 440 g/mol. The molecule has 5 nitrogen and oxygen atoms in total. The number of ether oxygens (including phenoxy) is 1. The van der Waals surface area contributed by atoms with Crippen LogP contribution < -0.4 is 0 Å². The Kier molecular flexibility index (Phi) is 11.6. The average Bonchev–Trinajstić information content (AvgIpc) is 2.99. The lowest BCUT2D eigenvalue weighted by atomic mass is 10.0. The third kappa shape index (κ3) is 8.88. The molecule has 0 spiro atoms. The summed E-state index contributed by atoms with van der Waals surface area (Å²) in [4.78, 5) is 25.5. The number of fused-ring (bicyclic) bond motifs is 2. The Hall–Kier alpha value is -2.58. The van der Waals surface area contributed by atoms with E-state index in [1.165, 1.54) is 32.1 Å². The third-order valence-electron chi connectivity index (χ3n) is 6.22. The molecule has 2 saturated heterocycles. The highest BCUT2D eigenvalue weighted by molar-refractivity contribution is 5.77. The van der Waals surface area contributed by atoms with Crippen LogP contribution in [0.25, 0.3) is 0 Å². The normalized spacial score (nSPS) is 20.6. The molecule has 1 aromatic carbocycles. The number of benzene rings is 1. The van der Waals surface area contributed by atoms with Gasteiger partial charge in [-0.05, 0) is 51.6 Å². The first kappa shape index (κ1) is 25.7. The fraction of sp³-hybridized carbons (Fsp3) is 0.556. The number of carbonyl (C=O) groups is 2. The predicted molar refractivity (Wildman–Crippen MR) is 127 cm³/mol. The minimum absolute atomic E-state index is 0.160. The second-order valence-electron chi connectivity index (χ2n) is 8.43. The Morgan fingerprint density at radius 3 is 2.38 bits per heavy atom. The van der Waals surface area contributed by atoms with E-state index >= 15 is 0 Å². The van der Waals surface area contributed by atoms with Crippen LogP contribution in [0.5, 0.6) is 0 Å². The monoisotopic (exact) mass is 439 g/mol. The van der Waals surface area contributed by atoms with E-state index in [2.05, 4.69) is 23.8 Å². The zero-order valence-electron chi connectivity index (χ0n) is 19.5. The van der Waals surface area contributed by atoms with Crippen molar-refractivity contribution < 1.29 is 19.4 Å². The first-order chi connectivity index (χ1) is 15.5. The smallest absolute Gasteiger partial charge is 0.314 e. The Morgan fingerprint density at radius 1 is 1.12 bits per heavy atom. The van der Waals surface area contributed by atoms with E-state index in [9.17, 15) is 14.7 Å². The van der Waals surface area contributed by atoms with Gasteiger partial charge in [-0.2, -0.15) is 0 Å². The maximum atomic E-state index is 11.6. The Bertz CT molecular complexity index is 777. The van der Waals surface area contributed by atoms with E-state index in [1.807, 2.05) is 25.1 Å². The van der Waals surface area contributed by atoms with Crippen LogP contribution in [-0.2, 0) is 14.3 Å². The third-order valence-corrected chi connectivity index (χ3v) is 6.22. The molecule has 2 bridgehead atoms. The number of carboxylic acids is 1. The first-order valence-corrected chi connectivity index (χ1v) is 11.7. The molecule has 0 aliphatic carbocycles. The number of rotatable bonds is 8. The fourth-order valence-corrected chi connectivity index (χ4v) is 4.28. The van der Waals surface area contributed by atoms with E-state index in [0.717, 1.165) is 24.9 Å². The highest BCUT2D eigenvalue weighted by atomic mass is 16.5. The van der Waals surface area contributed by atoms with Crippen LogP contribution in [0.1, 0.15) is 76.2 Å². The van der Waals surface area contributed by atoms with Gasteiger partial charge in [-0.3, -0.25) is 9.59 Å². The number of aliphatic carboxylic acids is 1. The summed E-state index contributed by atoms with van der Waals surface area (Å²) in [6, 6.07) is 10.7. The summed E-state index contributed by atoms with van der Waals surface area (Å²) in [5, 5.41) is 9.24. The van der Waals surface area contributed by atoms with Crippen molar-refractivity contribution in [3.8, 4) is 11.8 Å². The van der Waals surface area contributed by atoms with Gasteiger partial charge >= 0.3 is 11.9 Å². The van der Waals surface area contributed by atoms with Crippen molar-refractivity contribution in [2.75, 3.05) is 13.7 Å². The summed E-state index contributed by atoms with van der Waals surface area (Å²) in [5.41, 5.74) is 0.622. The molecule has 1 aromatic rings. The standard InChI is InChI=1S/C19H22O4.C8H15N/c1-2-3-4-5-6-7-11-14-18(20)23-15-17(19(21)22)16-12-9-8-10-13-16;1-9-7-3-2-4-8(9)6-5-7/h2-3,8-10,12-13,17H,4-5,11,14-15H2,1H3,(H,21,22);7-8H,2-6H2,1H3/b3-2+;. The van der Waals surface area contributed by atoms with Crippen molar-refractivity contribution in [3.05, 3.63) is 48.0 Å². The molecule has 2 heterocycles. The van der Waals surface area contributed by atoms with Crippen LogP contribution >= 0.6 is 0 Å². The van der Waals surface area contributed by atoms with Gasteiger partial charge in [0.2, 0.25) is 0 Å². The van der Waals surface area contributed by atoms with Gasteiger partial charge in [0.15, 0.2) is 0 Å². The molecular weight excluding hydrogens is 402 g/mol. The molecule has 174 valence electrons. The lowest BCUT2D eigenvalue weighted by Crippen LogP contribution is -2.35. The zero-order chi connectivity index (χ0) is 23.2. The molecule has 0 saturated carbocycles. The number of carboxylic acid groups (broad SMARTS) is 1. The number of carbonyl (C=O) groups excluding carboxylic acids is 1. The lowest BCUT2D eigenvalue weighted by Gasteiger charge is -2.30. The second kappa shape index (κ2) is 14.5. The van der Waals surface area contributed by atoms with Gasteiger partial charge in [-0.25, -0.2) is 0 Å². The van der Waals surface area contributed by atoms with E-state index < -0.39 is 17.9 Å². The molecule has 32 heavy (non-hydrogen) atoms. The summed E-state index contributed by atoms with van der Waals surface area (Å²) in [6.07, 6.45) is 13.7. The van der Waals surface area contributed by atoms with Crippen molar-refractivity contribution in [2.24, 2.45) is 0 Å². The molecule has 0 aromatic heterocycles. The number of piperidine rings is 1. The molecule has 2 aliphatic rings. The van der Waals surface area contributed by atoms with Crippen molar-refractivity contribution in [3.63, 3.8) is 0 Å². The summed E-state index contributed by atoms with van der Waals surface area (Å²) in [5.74, 6) is 3.63. The van der Waals surface area contributed by atoms with Gasteiger partial charge in [0.1, 0.15) is 12.5 Å².